The van der Waals surface area contributed by atoms with Crippen molar-refractivity contribution >= 4 is 28.9 Å². The molecule has 1 amide bonds. The molecule has 0 atom stereocenters. The molecule has 0 bridgehead atoms. The third kappa shape index (κ3) is 5.14. The monoisotopic (exact) mass is 459 g/mol. The van der Waals surface area contributed by atoms with Gasteiger partial charge in [-0.3, -0.25) is 4.79 Å². The highest BCUT2D eigenvalue weighted by atomic mass is 16.5. The average molecular weight is 460 g/mol. The number of aryl methyl sites for hydroxylation is 1. The number of nitrogens with zero attached hydrogens (tertiary/aromatic N) is 2. The van der Waals surface area contributed by atoms with Crippen LogP contribution in [0.2, 0.25) is 0 Å². The van der Waals surface area contributed by atoms with E-state index in [1.54, 1.807) is 30.3 Å². The smallest absolute Gasteiger partial charge is 0.337 e. The highest BCUT2D eigenvalue weighted by molar-refractivity contribution is 6.08. The normalized spacial score (nSPS) is 13.5. The van der Waals surface area contributed by atoms with E-state index in [4.69, 9.17) is 4.74 Å². The van der Waals surface area contributed by atoms with Gasteiger partial charge in [0.15, 0.2) is 0 Å². The minimum absolute atomic E-state index is 0.0719. The van der Waals surface area contributed by atoms with Gasteiger partial charge in [-0.2, -0.15) is 0 Å². The average Bonchev–Trinajstić information content (AvgIpc) is 2.85. The summed E-state index contributed by atoms with van der Waals surface area (Å²) in [5, 5.41) is 12.5. The molecular formula is C27H29N3O4. The lowest BCUT2D eigenvalue weighted by Gasteiger charge is -2.38. The molecule has 7 heteroatoms. The first-order valence-electron chi connectivity index (χ1n) is 11.4. The van der Waals surface area contributed by atoms with Gasteiger partial charge in [0.1, 0.15) is 5.75 Å². The maximum Gasteiger partial charge on any atom is 0.337 e. The summed E-state index contributed by atoms with van der Waals surface area (Å²) >= 11 is 0. The van der Waals surface area contributed by atoms with Gasteiger partial charge in [0.25, 0.3) is 5.91 Å². The molecule has 3 aromatic rings. The van der Waals surface area contributed by atoms with Crippen molar-refractivity contribution in [2.75, 3.05) is 47.9 Å². The zero-order chi connectivity index (χ0) is 24.1. The molecule has 0 unspecified atom stereocenters. The fourth-order valence-electron chi connectivity index (χ4n) is 4.20. The Kier molecular flexibility index (Phi) is 7.01. The van der Waals surface area contributed by atoms with Crippen LogP contribution in [-0.4, -0.2) is 49.8 Å². The molecular weight excluding hydrogens is 430 g/mol. The molecule has 34 heavy (non-hydrogen) atoms. The molecule has 0 spiro atoms. The second-order valence-corrected chi connectivity index (χ2v) is 8.23. The number of carbonyl (C=O) groups excluding carboxylic acids is 1. The van der Waals surface area contributed by atoms with Gasteiger partial charge in [-0.15, -0.1) is 0 Å². The quantitative estimate of drug-likeness (QED) is 0.534. The first-order chi connectivity index (χ1) is 16.5. The zero-order valence-electron chi connectivity index (χ0n) is 19.5. The summed E-state index contributed by atoms with van der Waals surface area (Å²) in [5.41, 5.74) is 3.70. The molecule has 1 saturated heterocycles. The van der Waals surface area contributed by atoms with Gasteiger partial charge in [-0.1, -0.05) is 29.8 Å². The summed E-state index contributed by atoms with van der Waals surface area (Å²) in [6, 6.07) is 20.4. The number of aromatic carboxylic acids is 1. The minimum Gasteiger partial charge on any atom is -0.492 e. The van der Waals surface area contributed by atoms with Gasteiger partial charge in [-0.05, 0) is 56.3 Å². The number of rotatable bonds is 7. The molecule has 0 saturated carbocycles. The number of benzene rings is 3. The van der Waals surface area contributed by atoms with Gasteiger partial charge in [0.05, 0.1) is 23.5 Å². The van der Waals surface area contributed by atoms with E-state index in [1.165, 1.54) is 0 Å². The standard InChI is InChI=1S/C27H29N3O4/c1-3-34-25-10-5-4-9-24(25)30-15-13-29(14-16-30)21-11-12-23(22(18-21)27(32)33)28-26(31)20-8-6-7-19(2)17-20/h4-12,17-18H,3,13-16H2,1-2H3,(H,28,31)(H,32,33). The molecule has 176 valence electrons. The predicted octanol–water partition coefficient (Wildman–Crippen LogP) is 4.67. The maximum atomic E-state index is 12.6. The lowest BCUT2D eigenvalue weighted by Crippen LogP contribution is -2.46. The van der Waals surface area contributed by atoms with Crippen LogP contribution in [0.1, 0.15) is 33.2 Å². The van der Waals surface area contributed by atoms with Crippen molar-refractivity contribution in [2.24, 2.45) is 0 Å². The highest BCUT2D eigenvalue weighted by Crippen LogP contribution is 2.30. The van der Waals surface area contributed by atoms with E-state index in [9.17, 15) is 14.7 Å². The molecule has 0 aliphatic carbocycles. The first kappa shape index (κ1) is 23.2. The van der Waals surface area contributed by atoms with Crippen LogP contribution in [0, 0.1) is 6.92 Å². The van der Waals surface area contributed by atoms with Crippen LogP contribution in [-0.2, 0) is 0 Å². The molecule has 1 aliphatic rings. The number of carboxylic acid groups (broad SMARTS) is 1. The molecule has 1 aliphatic heterocycles. The highest BCUT2D eigenvalue weighted by Gasteiger charge is 2.22. The molecule has 2 N–H and O–H groups in total. The number of ether oxygens (including phenoxy) is 1. The van der Waals surface area contributed by atoms with Gasteiger partial charge in [0, 0.05) is 37.4 Å². The number of anilines is 3. The number of carboxylic acids is 1. The third-order valence-electron chi connectivity index (χ3n) is 5.91. The summed E-state index contributed by atoms with van der Waals surface area (Å²) in [6.45, 7) is 7.56. The van der Waals surface area contributed by atoms with Crippen LogP contribution in [0.5, 0.6) is 5.75 Å². The van der Waals surface area contributed by atoms with Gasteiger partial charge in [-0.25, -0.2) is 4.79 Å². The fraction of sp³-hybridized carbons (Fsp3) is 0.259. The van der Waals surface area contributed by atoms with Crippen molar-refractivity contribution in [3.05, 3.63) is 83.4 Å². The van der Waals surface area contributed by atoms with Crippen molar-refractivity contribution in [1.82, 2.24) is 0 Å². The minimum atomic E-state index is -1.08. The first-order valence-corrected chi connectivity index (χ1v) is 11.4. The van der Waals surface area contributed by atoms with E-state index in [-0.39, 0.29) is 17.2 Å². The van der Waals surface area contributed by atoms with E-state index < -0.39 is 5.97 Å². The number of hydrogen-bond donors (Lipinski definition) is 2. The number of hydrogen-bond acceptors (Lipinski definition) is 5. The number of carbonyl (C=O) groups is 2. The van der Waals surface area contributed by atoms with Crippen LogP contribution < -0.4 is 19.9 Å². The Morgan fingerprint density at radius 1 is 0.941 bits per heavy atom. The largest absolute Gasteiger partial charge is 0.492 e. The van der Waals surface area contributed by atoms with E-state index in [0.717, 1.165) is 48.9 Å². The van der Waals surface area contributed by atoms with E-state index in [2.05, 4.69) is 21.2 Å². The van der Waals surface area contributed by atoms with Gasteiger partial charge >= 0.3 is 5.97 Å². The molecule has 0 radical (unpaired) electrons. The van der Waals surface area contributed by atoms with Crippen LogP contribution >= 0.6 is 0 Å². The second kappa shape index (κ2) is 10.3. The third-order valence-corrected chi connectivity index (χ3v) is 5.91. The summed E-state index contributed by atoms with van der Waals surface area (Å²) < 4.78 is 5.77. The summed E-state index contributed by atoms with van der Waals surface area (Å²) in [4.78, 5) is 29.1. The van der Waals surface area contributed by atoms with Gasteiger partial charge < -0.3 is 25.0 Å². The lowest BCUT2D eigenvalue weighted by atomic mass is 10.1. The Bertz CT molecular complexity index is 1190. The second-order valence-electron chi connectivity index (χ2n) is 8.23. The fourth-order valence-corrected chi connectivity index (χ4v) is 4.20. The Balaban J connectivity index is 1.48. The molecule has 3 aromatic carbocycles. The summed E-state index contributed by atoms with van der Waals surface area (Å²) in [7, 11) is 0. The molecule has 0 aromatic heterocycles. The van der Waals surface area contributed by atoms with Crippen LogP contribution in [0.15, 0.2) is 66.7 Å². The van der Waals surface area contributed by atoms with Crippen molar-refractivity contribution in [3.8, 4) is 5.75 Å². The van der Waals surface area contributed by atoms with Crippen molar-refractivity contribution < 1.29 is 19.4 Å². The topological polar surface area (TPSA) is 82.1 Å². The Morgan fingerprint density at radius 3 is 2.38 bits per heavy atom. The van der Waals surface area contributed by atoms with E-state index in [1.807, 2.05) is 44.2 Å². The Labute approximate surface area is 199 Å². The number of amides is 1. The van der Waals surface area contributed by atoms with Crippen LogP contribution in [0.3, 0.4) is 0 Å². The summed E-state index contributed by atoms with van der Waals surface area (Å²) in [5.74, 6) is -0.536. The summed E-state index contributed by atoms with van der Waals surface area (Å²) in [6.07, 6.45) is 0. The van der Waals surface area contributed by atoms with Crippen LogP contribution in [0.4, 0.5) is 17.1 Å². The number of nitrogens with one attached hydrogen (secondary N) is 1. The van der Waals surface area contributed by atoms with E-state index >= 15 is 0 Å². The van der Waals surface area contributed by atoms with Crippen molar-refractivity contribution in [3.63, 3.8) is 0 Å². The van der Waals surface area contributed by atoms with Crippen molar-refractivity contribution in [2.45, 2.75) is 13.8 Å². The molecule has 4 rings (SSSR count). The number of piperazine rings is 1. The maximum absolute atomic E-state index is 12.6. The molecule has 7 nitrogen and oxygen atoms in total. The molecule has 1 heterocycles. The van der Waals surface area contributed by atoms with Crippen LogP contribution in [0.25, 0.3) is 0 Å². The Morgan fingerprint density at radius 2 is 1.68 bits per heavy atom. The predicted molar refractivity (Wildman–Crippen MR) is 135 cm³/mol. The van der Waals surface area contributed by atoms with Gasteiger partial charge in [0.2, 0.25) is 0 Å². The Hall–Kier alpha value is -4.00. The lowest BCUT2D eigenvalue weighted by molar-refractivity contribution is 0.0698. The SMILES string of the molecule is CCOc1ccccc1N1CCN(c2ccc(NC(=O)c3cccc(C)c3)c(C(=O)O)c2)CC1. The zero-order valence-corrected chi connectivity index (χ0v) is 19.5. The molecule has 1 fully saturated rings. The van der Waals surface area contributed by atoms with E-state index in [0.29, 0.717) is 12.2 Å². The number of para-hydroxylation sites is 2. The van der Waals surface area contributed by atoms with Crippen molar-refractivity contribution in [1.29, 1.82) is 0 Å².